The molecule has 2 aromatic rings. The van der Waals surface area contributed by atoms with E-state index in [1.54, 1.807) is 24.3 Å². The van der Waals surface area contributed by atoms with Crippen molar-refractivity contribution in [2.75, 3.05) is 13.1 Å². The Kier molecular flexibility index (Phi) is 11.6. The van der Waals surface area contributed by atoms with Crippen LogP contribution in [0.1, 0.15) is 54.2 Å². The van der Waals surface area contributed by atoms with E-state index in [0.717, 1.165) is 24.2 Å². The van der Waals surface area contributed by atoms with Crippen molar-refractivity contribution >= 4 is 11.8 Å². The van der Waals surface area contributed by atoms with Crippen molar-refractivity contribution in [3.05, 3.63) is 70.8 Å². The second kappa shape index (κ2) is 13.9. The van der Waals surface area contributed by atoms with Crippen LogP contribution >= 0.6 is 0 Å². The molecule has 6 N–H and O–H groups in total. The molecule has 0 saturated carbocycles. The molecule has 7 heteroatoms. The lowest BCUT2D eigenvalue weighted by Crippen LogP contribution is -2.50. The highest BCUT2D eigenvalue weighted by molar-refractivity contribution is 5.97. The van der Waals surface area contributed by atoms with Crippen molar-refractivity contribution in [2.24, 2.45) is 5.73 Å². The summed E-state index contributed by atoms with van der Waals surface area (Å²) in [6.45, 7) is 3.92. The number of nitrogens with one attached hydrogen (secondary N) is 3. The fourth-order valence-corrected chi connectivity index (χ4v) is 2.64. The van der Waals surface area contributed by atoms with Crippen molar-refractivity contribution in [1.82, 2.24) is 16.1 Å². The number of carbonyl (C=O) groups excluding carboxylic acids is 2. The SMILES string of the molecule is C.CCCCNCc1ccc(C#Cc2ccc(C(=O)N[C@@H](CN)C(=O)NO)cc2)cc1. The van der Waals surface area contributed by atoms with Crippen molar-refractivity contribution in [2.45, 2.75) is 39.8 Å². The molecule has 0 aliphatic rings. The van der Waals surface area contributed by atoms with Gasteiger partial charge in [-0.3, -0.25) is 14.8 Å². The molecule has 0 heterocycles. The largest absolute Gasteiger partial charge is 0.339 e. The van der Waals surface area contributed by atoms with Gasteiger partial charge in [0.2, 0.25) is 0 Å². The van der Waals surface area contributed by atoms with E-state index < -0.39 is 17.9 Å². The number of benzene rings is 2. The fourth-order valence-electron chi connectivity index (χ4n) is 2.64. The van der Waals surface area contributed by atoms with E-state index in [2.05, 4.69) is 41.5 Å². The fraction of sp³-hybridized carbons (Fsp3) is 0.333. The molecule has 0 unspecified atom stereocenters. The van der Waals surface area contributed by atoms with E-state index in [-0.39, 0.29) is 14.0 Å². The third-order valence-corrected chi connectivity index (χ3v) is 4.46. The summed E-state index contributed by atoms with van der Waals surface area (Å²) in [5.74, 6) is 4.95. The highest BCUT2D eigenvalue weighted by Crippen LogP contribution is 2.06. The Morgan fingerprint density at radius 2 is 1.61 bits per heavy atom. The summed E-state index contributed by atoms with van der Waals surface area (Å²) in [6, 6.07) is 13.8. The monoisotopic (exact) mass is 424 g/mol. The molecule has 166 valence electrons. The Morgan fingerprint density at radius 3 is 2.13 bits per heavy atom. The second-order valence-electron chi connectivity index (χ2n) is 6.79. The summed E-state index contributed by atoms with van der Waals surface area (Å²) in [7, 11) is 0. The van der Waals surface area contributed by atoms with Gasteiger partial charge in [0.25, 0.3) is 11.8 Å². The number of rotatable bonds is 9. The van der Waals surface area contributed by atoms with Gasteiger partial charge in [0.15, 0.2) is 0 Å². The number of unbranched alkanes of at least 4 members (excludes halogenated alkanes) is 1. The van der Waals surface area contributed by atoms with E-state index in [1.807, 2.05) is 12.1 Å². The molecule has 0 aromatic heterocycles. The lowest BCUT2D eigenvalue weighted by Gasteiger charge is -2.14. The van der Waals surface area contributed by atoms with Gasteiger partial charge in [-0.2, -0.15) is 0 Å². The van der Waals surface area contributed by atoms with Gasteiger partial charge in [0.05, 0.1) is 0 Å². The predicted octanol–water partition coefficient (Wildman–Crippen LogP) is 2.17. The number of hydrogen-bond donors (Lipinski definition) is 5. The van der Waals surface area contributed by atoms with Crippen LogP contribution in [0.2, 0.25) is 0 Å². The lowest BCUT2D eigenvalue weighted by molar-refractivity contribution is -0.130. The Morgan fingerprint density at radius 1 is 1.03 bits per heavy atom. The van der Waals surface area contributed by atoms with Gasteiger partial charge in [0.1, 0.15) is 6.04 Å². The summed E-state index contributed by atoms with van der Waals surface area (Å²) in [6.07, 6.45) is 2.36. The number of nitrogens with two attached hydrogens (primary N) is 1. The minimum atomic E-state index is -1.01. The van der Waals surface area contributed by atoms with Crippen LogP contribution in [0, 0.1) is 11.8 Å². The zero-order valence-corrected chi connectivity index (χ0v) is 17.1. The molecular weight excluding hydrogens is 392 g/mol. The van der Waals surface area contributed by atoms with Gasteiger partial charge in [-0.05, 0) is 54.9 Å². The Balaban J connectivity index is 0.00000480. The van der Waals surface area contributed by atoms with Gasteiger partial charge in [-0.25, -0.2) is 5.48 Å². The first kappa shape index (κ1) is 25.9. The minimum Gasteiger partial charge on any atom is -0.339 e. The van der Waals surface area contributed by atoms with Crippen molar-refractivity contribution in [1.29, 1.82) is 0 Å². The zero-order valence-electron chi connectivity index (χ0n) is 17.1. The average Bonchev–Trinajstić information content (AvgIpc) is 2.79. The van der Waals surface area contributed by atoms with Crippen LogP contribution in [0.3, 0.4) is 0 Å². The van der Waals surface area contributed by atoms with Crippen LogP contribution in [0.15, 0.2) is 48.5 Å². The van der Waals surface area contributed by atoms with Gasteiger partial charge < -0.3 is 16.4 Å². The third-order valence-electron chi connectivity index (χ3n) is 4.46. The van der Waals surface area contributed by atoms with E-state index in [4.69, 9.17) is 10.9 Å². The maximum atomic E-state index is 12.2. The van der Waals surface area contributed by atoms with Crippen LogP contribution in [-0.2, 0) is 11.3 Å². The Bertz CT molecular complexity index is 884. The first-order valence-electron chi connectivity index (χ1n) is 9.94. The summed E-state index contributed by atoms with van der Waals surface area (Å²) in [5.41, 5.74) is 10.2. The third kappa shape index (κ3) is 8.60. The molecule has 0 aliphatic carbocycles. The van der Waals surface area contributed by atoms with Gasteiger partial charge >= 0.3 is 0 Å². The lowest BCUT2D eigenvalue weighted by atomic mass is 10.1. The van der Waals surface area contributed by atoms with Crippen LogP contribution in [0.25, 0.3) is 0 Å². The van der Waals surface area contributed by atoms with Crippen LogP contribution in [0.5, 0.6) is 0 Å². The maximum absolute atomic E-state index is 12.2. The molecule has 0 radical (unpaired) electrons. The molecule has 0 spiro atoms. The molecule has 2 aromatic carbocycles. The first-order valence-corrected chi connectivity index (χ1v) is 9.94. The summed E-state index contributed by atoms with van der Waals surface area (Å²) in [5, 5.41) is 14.5. The number of amides is 2. The molecule has 7 nitrogen and oxygen atoms in total. The van der Waals surface area contributed by atoms with E-state index in [0.29, 0.717) is 5.56 Å². The van der Waals surface area contributed by atoms with E-state index in [9.17, 15) is 9.59 Å². The standard InChI is InChI=1S/C23H28N4O3.CH4/c1-2-3-14-25-16-19-8-6-17(7-9-19)4-5-18-10-12-20(13-11-18)22(28)26-21(15-24)23(29)27-30;/h6-13,21,25,30H,2-3,14-16,24H2,1H3,(H,26,28)(H,27,29);1H4/t21-;/m0./s1. The molecule has 31 heavy (non-hydrogen) atoms. The summed E-state index contributed by atoms with van der Waals surface area (Å²) < 4.78 is 0. The van der Waals surface area contributed by atoms with Crippen LogP contribution in [0.4, 0.5) is 0 Å². The number of carbonyl (C=O) groups is 2. The maximum Gasteiger partial charge on any atom is 0.267 e. The van der Waals surface area contributed by atoms with E-state index in [1.165, 1.54) is 23.9 Å². The predicted molar refractivity (Wildman–Crippen MR) is 122 cm³/mol. The smallest absolute Gasteiger partial charge is 0.267 e. The van der Waals surface area contributed by atoms with Crippen LogP contribution in [-0.4, -0.2) is 36.2 Å². The Labute approximate surface area is 184 Å². The van der Waals surface area contributed by atoms with Gasteiger partial charge in [-0.15, -0.1) is 0 Å². The molecule has 0 aliphatic heterocycles. The summed E-state index contributed by atoms with van der Waals surface area (Å²) in [4.78, 5) is 23.6. The molecule has 2 rings (SSSR count). The molecule has 0 bridgehead atoms. The number of hydrogen-bond acceptors (Lipinski definition) is 5. The van der Waals surface area contributed by atoms with Crippen LogP contribution < -0.4 is 21.8 Å². The number of hydroxylamine groups is 1. The van der Waals surface area contributed by atoms with E-state index >= 15 is 0 Å². The average molecular weight is 425 g/mol. The Hall–Kier alpha value is -3.18. The molecule has 0 saturated heterocycles. The minimum absolute atomic E-state index is 0. The van der Waals surface area contributed by atoms with Crippen molar-refractivity contribution in [3.63, 3.8) is 0 Å². The second-order valence-corrected chi connectivity index (χ2v) is 6.79. The normalized spacial score (nSPS) is 10.8. The highest BCUT2D eigenvalue weighted by atomic mass is 16.5. The zero-order chi connectivity index (χ0) is 21.8. The quantitative estimate of drug-likeness (QED) is 0.183. The van der Waals surface area contributed by atoms with Crippen molar-refractivity contribution in [3.8, 4) is 11.8 Å². The topological polar surface area (TPSA) is 116 Å². The highest BCUT2D eigenvalue weighted by Gasteiger charge is 2.19. The molecule has 2 amide bonds. The van der Waals surface area contributed by atoms with Gasteiger partial charge in [0, 0.05) is 29.8 Å². The van der Waals surface area contributed by atoms with Gasteiger partial charge in [-0.1, -0.05) is 44.7 Å². The summed E-state index contributed by atoms with van der Waals surface area (Å²) >= 11 is 0. The molecule has 0 fully saturated rings. The molecule has 1 atom stereocenters. The first-order chi connectivity index (χ1) is 14.6. The molecular formula is C24H32N4O3. The van der Waals surface area contributed by atoms with Crippen molar-refractivity contribution < 1.29 is 14.8 Å².